The average molecular weight is 252 g/mol. The molecule has 0 amide bonds. The van der Waals surface area contributed by atoms with E-state index in [4.69, 9.17) is 0 Å². The van der Waals surface area contributed by atoms with Crippen molar-refractivity contribution in [2.24, 2.45) is 0 Å². The number of nitrogens with one attached hydrogen (secondary N) is 1. The van der Waals surface area contributed by atoms with Gasteiger partial charge in [0.15, 0.2) is 0 Å². The maximum atomic E-state index is 4.60. The molecule has 2 aromatic carbocycles. The summed E-state index contributed by atoms with van der Waals surface area (Å²) in [6.07, 6.45) is 0. The normalized spacial score (nSPS) is 10.1. The summed E-state index contributed by atoms with van der Waals surface area (Å²) >= 11 is 0. The zero-order valence-corrected chi connectivity index (χ0v) is 12.0. The van der Waals surface area contributed by atoms with Crippen LogP contribution >= 0.6 is 0 Å². The van der Waals surface area contributed by atoms with Gasteiger partial charge in [-0.15, -0.1) is 0 Å². The van der Waals surface area contributed by atoms with Crippen molar-refractivity contribution in [2.45, 2.75) is 27.7 Å². The van der Waals surface area contributed by atoms with Crippen molar-refractivity contribution in [3.05, 3.63) is 53.6 Å². The molecule has 0 atom stereocenters. The summed E-state index contributed by atoms with van der Waals surface area (Å²) in [5, 5.41) is 0. The number of nitrogens with zero attached hydrogens (tertiary/aromatic N) is 1. The smallest absolute Gasteiger partial charge is 0.138 e. The maximum Gasteiger partial charge on any atom is 0.138 e. The Kier molecular flexibility index (Phi) is 4.00. The largest absolute Gasteiger partial charge is 0.338 e. The van der Waals surface area contributed by atoms with Crippen molar-refractivity contribution >= 4 is 11.0 Å². The second-order valence-corrected chi connectivity index (χ2v) is 4.47. The van der Waals surface area contributed by atoms with Crippen LogP contribution in [0.3, 0.4) is 0 Å². The highest BCUT2D eigenvalue weighted by Crippen LogP contribution is 2.21. The van der Waals surface area contributed by atoms with Gasteiger partial charge in [-0.25, -0.2) is 4.98 Å². The number of rotatable bonds is 1. The molecular formula is C17H20N2. The molecule has 0 aliphatic rings. The molecular weight excluding hydrogens is 232 g/mol. The third-order valence-corrected chi connectivity index (χ3v) is 2.96. The summed E-state index contributed by atoms with van der Waals surface area (Å²) in [5.41, 5.74) is 5.76. The lowest BCUT2D eigenvalue weighted by molar-refractivity contribution is 1.33. The third-order valence-electron chi connectivity index (χ3n) is 2.96. The molecule has 0 radical (unpaired) electrons. The van der Waals surface area contributed by atoms with E-state index in [-0.39, 0.29) is 0 Å². The molecule has 98 valence electrons. The Balaban J connectivity index is 0.000000637. The minimum Gasteiger partial charge on any atom is -0.338 e. The number of hydrogen-bond acceptors (Lipinski definition) is 1. The predicted octanol–water partition coefficient (Wildman–Crippen LogP) is 4.87. The Bertz CT molecular complexity index is 663. The van der Waals surface area contributed by atoms with Gasteiger partial charge in [-0.1, -0.05) is 49.7 Å². The summed E-state index contributed by atoms with van der Waals surface area (Å²) in [4.78, 5) is 7.96. The van der Waals surface area contributed by atoms with Crippen LogP contribution < -0.4 is 0 Å². The lowest BCUT2D eigenvalue weighted by Gasteiger charge is -1.96. The van der Waals surface area contributed by atoms with E-state index in [1.165, 1.54) is 11.1 Å². The van der Waals surface area contributed by atoms with Crippen molar-refractivity contribution in [1.29, 1.82) is 0 Å². The number of H-pyrrole nitrogens is 1. The van der Waals surface area contributed by atoms with E-state index in [1.54, 1.807) is 0 Å². The maximum absolute atomic E-state index is 4.60. The summed E-state index contributed by atoms with van der Waals surface area (Å²) in [5.74, 6) is 0.936. The van der Waals surface area contributed by atoms with Crippen LogP contribution in [0, 0.1) is 13.8 Å². The van der Waals surface area contributed by atoms with Crippen LogP contribution in [0.25, 0.3) is 22.4 Å². The topological polar surface area (TPSA) is 28.7 Å². The summed E-state index contributed by atoms with van der Waals surface area (Å²) < 4.78 is 0. The lowest BCUT2D eigenvalue weighted by atomic mass is 10.1. The average Bonchev–Trinajstić information content (AvgIpc) is 2.84. The van der Waals surface area contributed by atoms with Gasteiger partial charge in [-0.3, -0.25) is 0 Å². The molecule has 0 fully saturated rings. The molecule has 0 spiro atoms. The van der Waals surface area contributed by atoms with E-state index in [9.17, 15) is 0 Å². The Morgan fingerprint density at radius 1 is 0.842 bits per heavy atom. The highest BCUT2D eigenvalue weighted by molar-refractivity contribution is 5.79. The van der Waals surface area contributed by atoms with Gasteiger partial charge < -0.3 is 4.98 Å². The Hall–Kier alpha value is -2.09. The molecule has 1 heterocycles. The van der Waals surface area contributed by atoms with Crippen LogP contribution in [0.5, 0.6) is 0 Å². The second kappa shape index (κ2) is 5.70. The fraction of sp³-hybridized carbons (Fsp3) is 0.235. The summed E-state index contributed by atoms with van der Waals surface area (Å²) in [6, 6.07) is 14.7. The van der Waals surface area contributed by atoms with Gasteiger partial charge >= 0.3 is 0 Å². The second-order valence-electron chi connectivity index (χ2n) is 4.47. The molecule has 0 aliphatic heterocycles. The van der Waals surface area contributed by atoms with E-state index >= 15 is 0 Å². The first-order valence-electron chi connectivity index (χ1n) is 6.76. The van der Waals surface area contributed by atoms with E-state index in [2.05, 4.69) is 66.3 Å². The first-order valence-corrected chi connectivity index (χ1v) is 6.76. The molecule has 1 N–H and O–H groups in total. The van der Waals surface area contributed by atoms with E-state index in [1.807, 2.05) is 13.8 Å². The minimum absolute atomic E-state index is 0.936. The van der Waals surface area contributed by atoms with E-state index < -0.39 is 0 Å². The van der Waals surface area contributed by atoms with Crippen LogP contribution in [0.1, 0.15) is 25.0 Å². The van der Waals surface area contributed by atoms with Gasteiger partial charge in [0.25, 0.3) is 0 Å². The highest BCUT2D eigenvalue weighted by atomic mass is 14.9. The zero-order chi connectivity index (χ0) is 13.8. The molecule has 3 rings (SSSR count). The van der Waals surface area contributed by atoms with E-state index in [0.29, 0.717) is 0 Å². The minimum atomic E-state index is 0.936. The fourth-order valence-electron chi connectivity index (χ4n) is 1.97. The molecule has 2 nitrogen and oxygen atoms in total. The van der Waals surface area contributed by atoms with Crippen molar-refractivity contribution < 1.29 is 0 Å². The SMILES string of the molecule is CC.Cc1ccc(-c2nc3ccc(C)cc3[nH]2)cc1. The van der Waals surface area contributed by atoms with Gasteiger partial charge in [0, 0.05) is 5.56 Å². The lowest BCUT2D eigenvalue weighted by Crippen LogP contribution is -1.80. The van der Waals surface area contributed by atoms with Gasteiger partial charge in [0.2, 0.25) is 0 Å². The molecule has 0 aliphatic carbocycles. The van der Waals surface area contributed by atoms with Crippen LogP contribution in [-0.4, -0.2) is 9.97 Å². The summed E-state index contributed by atoms with van der Waals surface area (Å²) in [7, 11) is 0. The first kappa shape index (κ1) is 13.3. The van der Waals surface area contributed by atoms with Crippen LogP contribution in [0.4, 0.5) is 0 Å². The zero-order valence-electron chi connectivity index (χ0n) is 12.0. The van der Waals surface area contributed by atoms with E-state index in [0.717, 1.165) is 22.4 Å². The van der Waals surface area contributed by atoms with Crippen molar-refractivity contribution in [1.82, 2.24) is 9.97 Å². The highest BCUT2D eigenvalue weighted by Gasteiger charge is 2.04. The number of aromatic nitrogens is 2. The first-order chi connectivity index (χ1) is 9.22. The quantitative estimate of drug-likeness (QED) is 0.657. The molecule has 0 unspecified atom stereocenters. The number of fused-ring (bicyclic) bond motifs is 1. The summed E-state index contributed by atoms with van der Waals surface area (Å²) in [6.45, 7) is 8.18. The number of aryl methyl sites for hydroxylation is 2. The van der Waals surface area contributed by atoms with Crippen LogP contribution in [-0.2, 0) is 0 Å². The molecule has 1 aromatic heterocycles. The fourth-order valence-corrected chi connectivity index (χ4v) is 1.97. The van der Waals surface area contributed by atoms with Gasteiger partial charge in [0.05, 0.1) is 11.0 Å². The standard InChI is InChI=1S/C15H14N2.C2H6/c1-10-3-6-12(7-4-10)15-16-13-8-5-11(2)9-14(13)17-15;1-2/h3-9H,1-2H3,(H,16,17);1-2H3. The van der Waals surface area contributed by atoms with Crippen LogP contribution in [0.2, 0.25) is 0 Å². The van der Waals surface area contributed by atoms with Crippen molar-refractivity contribution in [3.63, 3.8) is 0 Å². The number of benzene rings is 2. The Morgan fingerprint density at radius 3 is 2.16 bits per heavy atom. The molecule has 2 heteroatoms. The van der Waals surface area contributed by atoms with Crippen molar-refractivity contribution in [2.75, 3.05) is 0 Å². The van der Waals surface area contributed by atoms with Gasteiger partial charge in [-0.05, 0) is 31.5 Å². The van der Waals surface area contributed by atoms with Crippen molar-refractivity contribution in [3.8, 4) is 11.4 Å². The molecule has 19 heavy (non-hydrogen) atoms. The molecule has 0 bridgehead atoms. The van der Waals surface area contributed by atoms with Crippen LogP contribution in [0.15, 0.2) is 42.5 Å². The molecule has 0 saturated heterocycles. The number of imidazole rings is 1. The van der Waals surface area contributed by atoms with Gasteiger partial charge in [-0.2, -0.15) is 0 Å². The number of hydrogen-bond donors (Lipinski definition) is 1. The number of aromatic amines is 1. The van der Waals surface area contributed by atoms with Gasteiger partial charge in [0.1, 0.15) is 5.82 Å². The monoisotopic (exact) mass is 252 g/mol. The molecule has 0 saturated carbocycles. The third kappa shape index (κ3) is 2.84. The molecule has 3 aromatic rings. The Morgan fingerprint density at radius 2 is 1.47 bits per heavy atom. The Labute approximate surface area is 114 Å². The predicted molar refractivity (Wildman–Crippen MR) is 82.4 cm³/mol.